The maximum Gasteiger partial charge on any atom is 0.221 e. The Morgan fingerprint density at radius 2 is 2.13 bits per heavy atom. The van der Waals surface area contributed by atoms with Crippen molar-refractivity contribution >= 4 is 5.91 Å². The van der Waals surface area contributed by atoms with Crippen LogP contribution in [0, 0.1) is 0 Å². The van der Waals surface area contributed by atoms with E-state index < -0.39 is 0 Å². The number of hydrogen-bond donors (Lipinski definition) is 2. The summed E-state index contributed by atoms with van der Waals surface area (Å²) in [5.41, 5.74) is 5.73. The zero-order valence-corrected chi connectivity index (χ0v) is 9.83. The van der Waals surface area contributed by atoms with Gasteiger partial charge >= 0.3 is 0 Å². The number of nitrogens with zero attached hydrogens (tertiary/aromatic N) is 1. The van der Waals surface area contributed by atoms with Gasteiger partial charge in [0.1, 0.15) is 0 Å². The fourth-order valence-electron chi connectivity index (χ4n) is 1.82. The van der Waals surface area contributed by atoms with E-state index in [4.69, 9.17) is 5.73 Å². The molecule has 0 spiro atoms. The average Bonchev–Trinajstić information content (AvgIpc) is 2.21. The van der Waals surface area contributed by atoms with Gasteiger partial charge in [0, 0.05) is 18.5 Å². The first-order valence-electron chi connectivity index (χ1n) is 5.85. The van der Waals surface area contributed by atoms with E-state index >= 15 is 0 Å². The second kappa shape index (κ2) is 6.08. The highest BCUT2D eigenvalue weighted by Crippen LogP contribution is 2.08. The predicted octanol–water partition coefficient (Wildman–Crippen LogP) is 0.324. The molecule has 1 heterocycles. The van der Waals surface area contributed by atoms with Crippen molar-refractivity contribution in [3.8, 4) is 0 Å². The first kappa shape index (κ1) is 12.5. The summed E-state index contributed by atoms with van der Waals surface area (Å²) in [4.78, 5) is 13.8. The van der Waals surface area contributed by atoms with Crippen molar-refractivity contribution in [3.05, 3.63) is 0 Å². The average molecular weight is 213 g/mol. The lowest BCUT2D eigenvalue weighted by Crippen LogP contribution is -2.44. The van der Waals surface area contributed by atoms with Crippen molar-refractivity contribution in [2.45, 2.75) is 44.7 Å². The maximum absolute atomic E-state index is 11.6. The second-order valence-electron chi connectivity index (χ2n) is 4.52. The van der Waals surface area contributed by atoms with E-state index in [1.165, 1.54) is 0 Å². The van der Waals surface area contributed by atoms with Crippen molar-refractivity contribution in [1.29, 1.82) is 0 Å². The molecule has 4 nitrogen and oxygen atoms in total. The highest BCUT2D eigenvalue weighted by Gasteiger charge is 2.18. The Morgan fingerprint density at radius 1 is 1.53 bits per heavy atom. The van der Waals surface area contributed by atoms with Crippen molar-refractivity contribution in [1.82, 2.24) is 10.2 Å². The molecule has 0 aromatic rings. The minimum atomic E-state index is 0.0104. The van der Waals surface area contributed by atoms with Gasteiger partial charge in [-0.15, -0.1) is 0 Å². The number of nitrogens with one attached hydrogen (secondary N) is 1. The van der Waals surface area contributed by atoms with Gasteiger partial charge in [-0.1, -0.05) is 6.92 Å². The minimum absolute atomic E-state index is 0.0104. The fourth-order valence-corrected chi connectivity index (χ4v) is 1.82. The Labute approximate surface area is 92.2 Å². The number of amides is 1. The lowest BCUT2D eigenvalue weighted by atomic mass is 10.0. The highest BCUT2D eigenvalue weighted by atomic mass is 16.1. The van der Waals surface area contributed by atoms with Crippen LogP contribution in [0.5, 0.6) is 0 Å². The summed E-state index contributed by atoms with van der Waals surface area (Å²) in [6.07, 6.45) is 3.44. The largest absolute Gasteiger partial charge is 0.353 e. The number of rotatable bonds is 4. The number of hydrogen-bond acceptors (Lipinski definition) is 3. The van der Waals surface area contributed by atoms with Gasteiger partial charge in [0.05, 0.1) is 0 Å². The van der Waals surface area contributed by atoms with Crippen molar-refractivity contribution in [2.75, 3.05) is 20.1 Å². The summed E-state index contributed by atoms with van der Waals surface area (Å²) < 4.78 is 0. The van der Waals surface area contributed by atoms with Gasteiger partial charge in [-0.3, -0.25) is 4.79 Å². The first-order valence-corrected chi connectivity index (χ1v) is 5.85. The van der Waals surface area contributed by atoms with E-state index in [1.807, 2.05) is 6.92 Å². The van der Waals surface area contributed by atoms with Gasteiger partial charge in [-0.2, -0.15) is 0 Å². The van der Waals surface area contributed by atoms with E-state index in [0.717, 1.165) is 32.4 Å². The van der Waals surface area contributed by atoms with E-state index in [2.05, 4.69) is 17.3 Å². The third-order valence-corrected chi connectivity index (χ3v) is 3.06. The number of piperidine rings is 1. The van der Waals surface area contributed by atoms with Crippen molar-refractivity contribution in [3.63, 3.8) is 0 Å². The molecule has 1 rings (SSSR count). The molecule has 1 amide bonds. The molecule has 1 aliphatic heterocycles. The molecule has 0 aromatic heterocycles. The maximum atomic E-state index is 11.6. The lowest BCUT2D eigenvalue weighted by Gasteiger charge is -2.29. The summed E-state index contributed by atoms with van der Waals surface area (Å²) in [7, 11) is 2.12. The molecule has 0 saturated carbocycles. The quantitative estimate of drug-likeness (QED) is 0.707. The smallest absolute Gasteiger partial charge is 0.221 e. The molecular formula is C11H23N3O. The lowest BCUT2D eigenvalue weighted by molar-refractivity contribution is -0.122. The van der Waals surface area contributed by atoms with Gasteiger partial charge in [0.15, 0.2) is 0 Å². The molecular weight excluding hydrogens is 190 g/mol. The molecule has 1 atom stereocenters. The Balaban J connectivity index is 2.20. The third-order valence-electron chi connectivity index (χ3n) is 3.06. The Morgan fingerprint density at radius 3 is 2.67 bits per heavy atom. The predicted molar refractivity (Wildman–Crippen MR) is 61.5 cm³/mol. The van der Waals surface area contributed by atoms with Gasteiger partial charge in [-0.25, -0.2) is 0 Å². The molecule has 0 aromatic carbocycles. The van der Waals surface area contributed by atoms with Crippen LogP contribution in [-0.4, -0.2) is 43.0 Å². The molecule has 0 aliphatic carbocycles. The van der Waals surface area contributed by atoms with Crippen LogP contribution in [0.3, 0.4) is 0 Å². The van der Waals surface area contributed by atoms with Gasteiger partial charge in [0.2, 0.25) is 5.91 Å². The van der Waals surface area contributed by atoms with E-state index in [1.54, 1.807) is 0 Å². The molecule has 1 aliphatic rings. The van der Waals surface area contributed by atoms with Crippen molar-refractivity contribution in [2.24, 2.45) is 5.73 Å². The molecule has 0 radical (unpaired) electrons. The second-order valence-corrected chi connectivity index (χ2v) is 4.52. The molecule has 1 fully saturated rings. The van der Waals surface area contributed by atoms with Crippen LogP contribution in [0.1, 0.15) is 32.6 Å². The Kier molecular flexibility index (Phi) is 5.05. The Hall–Kier alpha value is -0.610. The fraction of sp³-hybridized carbons (Fsp3) is 0.909. The van der Waals surface area contributed by atoms with Crippen LogP contribution in [0.2, 0.25) is 0 Å². The van der Waals surface area contributed by atoms with Crippen LogP contribution in [0.25, 0.3) is 0 Å². The summed E-state index contributed by atoms with van der Waals surface area (Å²) in [5.74, 6) is 0.110. The van der Waals surface area contributed by atoms with Gasteiger partial charge in [-0.05, 0) is 39.4 Å². The van der Waals surface area contributed by atoms with Crippen molar-refractivity contribution < 1.29 is 4.79 Å². The summed E-state index contributed by atoms with van der Waals surface area (Å²) >= 11 is 0. The van der Waals surface area contributed by atoms with Crippen LogP contribution >= 0.6 is 0 Å². The Bertz CT molecular complexity index is 200. The van der Waals surface area contributed by atoms with Crippen LogP contribution in [-0.2, 0) is 4.79 Å². The topological polar surface area (TPSA) is 58.4 Å². The third kappa shape index (κ3) is 4.62. The normalized spacial score (nSPS) is 21.3. The number of likely N-dealkylation sites (tertiary alicyclic amines) is 1. The van der Waals surface area contributed by atoms with E-state index in [0.29, 0.717) is 12.5 Å². The van der Waals surface area contributed by atoms with Crippen LogP contribution in [0.4, 0.5) is 0 Å². The van der Waals surface area contributed by atoms with E-state index in [9.17, 15) is 4.79 Å². The highest BCUT2D eigenvalue weighted by molar-refractivity contribution is 5.76. The zero-order valence-electron chi connectivity index (χ0n) is 9.83. The summed E-state index contributed by atoms with van der Waals surface area (Å²) in [6, 6.07) is 0.369. The molecule has 1 unspecified atom stereocenters. The van der Waals surface area contributed by atoms with Gasteiger partial charge in [0.25, 0.3) is 0 Å². The first-order chi connectivity index (χ1) is 7.11. The molecule has 4 heteroatoms. The summed E-state index contributed by atoms with van der Waals surface area (Å²) in [6.45, 7) is 4.16. The molecule has 0 bridgehead atoms. The number of nitrogens with two attached hydrogens (primary N) is 1. The monoisotopic (exact) mass is 213 g/mol. The number of carbonyl (C=O) groups excluding carboxylic acids is 1. The zero-order chi connectivity index (χ0) is 11.3. The minimum Gasteiger partial charge on any atom is -0.353 e. The summed E-state index contributed by atoms with van der Waals surface area (Å²) in [5, 5.41) is 3.06. The molecule has 88 valence electrons. The standard InChI is InChI=1S/C11H23N3O/c1-3-9(12)8-11(15)13-10-4-6-14(2)7-5-10/h9-10H,3-8,12H2,1-2H3,(H,13,15). The van der Waals surface area contributed by atoms with Crippen LogP contribution in [0.15, 0.2) is 0 Å². The van der Waals surface area contributed by atoms with Gasteiger partial charge < -0.3 is 16.0 Å². The molecule has 3 N–H and O–H groups in total. The SMILES string of the molecule is CCC(N)CC(=O)NC1CCN(C)CC1. The van der Waals surface area contributed by atoms with Crippen LogP contribution < -0.4 is 11.1 Å². The molecule has 15 heavy (non-hydrogen) atoms. The molecule has 1 saturated heterocycles. The van der Waals surface area contributed by atoms with E-state index in [-0.39, 0.29) is 11.9 Å². The number of carbonyl (C=O) groups is 1.